The summed E-state index contributed by atoms with van der Waals surface area (Å²) in [7, 11) is 1.61. The molecule has 1 aromatic carbocycles. The van der Waals surface area contributed by atoms with Gasteiger partial charge in [0.05, 0.1) is 24.5 Å². The minimum Gasteiger partial charge on any atom is -0.481 e. The van der Waals surface area contributed by atoms with Crippen LogP contribution < -0.4 is 9.64 Å². The fourth-order valence-electron chi connectivity index (χ4n) is 3.81. The summed E-state index contributed by atoms with van der Waals surface area (Å²) in [6.07, 6.45) is 5.95. The topological polar surface area (TPSA) is 37.7 Å². The minimum atomic E-state index is 0.00954. The molecule has 2 heterocycles. The number of anilines is 1. The third-order valence-electron chi connectivity index (χ3n) is 4.70. The number of pyridine rings is 1. The Labute approximate surface area is 156 Å². The molecule has 2 aromatic rings. The van der Waals surface area contributed by atoms with Gasteiger partial charge in [0.1, 0.15) is 0 Å². The Morgan fingerprint density at radius 2 is 1.96 bits per heavy atom. The van der Waals surface area contributed by atoms with Gasteiger partial charge in [-0.2, -0.15) is 0 Å². The summed E-state index contributed by atoms with van der Waals surface area (Å²) in [6.45, 7) is 11.2. The molecule has 4 nitrogen and oxygen atoms in total. The summed E-state index contributed by atoms with van der Waals surface area (Å²) < 4.78 is 5.08. The van der Waals surface area contributed by atoms with E-state index < -0.39 is 0 Å². The van der Waals surface area contributed by atoms with Crippen LogP contribution in [0.15, 0.2) is 47.6 Å². The molecule has 0 aliphatic carbocycles. The molecule has 0 unspecified atom stereocenters. The number of hydrogen-bond donors (Lipinski definition) is 0. The van der Waals surface area contributed by atoms with E-state index in [1.807, 2.05) is 18.3 Å². The van der Waals surface area contributed by atoms with E-state index in [9.17, 15) is 0 Å². The van der Waals surface area contributed by atoms with Crippen molar-refractivity contribution < 1.29 is 4.74 Å². The summed E-state index contributed by atoms with van der Waals surface area (Å²) in [5.74, 6) is 0.592. The SMILES string of the molecule is COc1ccc(N=Cc2ccc3c(c2)C(C)=CC(C)(C)N3C(C)C)cn1. The van der Waals surface area contributed by atoms with Crippen LogP contribution in [0.4, 0.5) is 11.4 Å². The third kappa shape index (κ3) is 3.50. The van der Waals surface area contributed by atoms with Gasteiger partial charge in [-0.1, -0.05) is 12.1 Å². The van der Waals surface area contributed by atoms with Crippen molar-refractivity contribution in [1.29, 1.82) is 0 Å². The lowest BCUT2D eigenvalue weighted by Gasteiger charge is -2.46. The van der Waals surface area contributed by atoms with Crippen molar-refractivity contribution in [3.63, 3.8) is 0 Å². The zero-order chi connectivity index (χ0) is 18.9. The van der Waals surface area contributed by atoms with Gasteiger partial charge in [0.2, 0.25) is 5.88 Å². The highest BCUT2D eigenvalue weighted by Gasteiger charge is 2.32. The van der Waals surface area contributed by atoms with E-state index in [0.29, 0.717) is 11.9 Å². The molecular weight excluding hydrogens is 322 g/mol. The monoisotopic (exact) mass is 349 g/mol. The van der Waals surface area contributed by atoms with Crippen molar-refractivity contribution in [3.05, 3.63) is 53.7 Å². The second-order valence-electron chi connectivity index (χ2n) is 7.54. The molecular formula is C22H27N3O. The van der Waals surface area contributed by atoms with Crippen LogP contribution in [0, 0.1) is 0 Å². The van der Waals surface area contributed by atoms with Gasteiger partial charge in [0.25, 0.3) is 0 Å². The van der Waals surface area contributed by atoms with E-state index in [-0.39, 0.29) is 5.54 Å². The minimum absolute atomic E-state index is 0.00954. The molecule has 0 radical (unpaired) electrons. The molecule has 0 amide bonds. The summed E-state index contributed by atoms with van der Waals surface area (Å²) in [4.78, 5) is 11.2. The number of ether oxygens (including phenoxy) is 1. The Kier molecular flexibility index (Phi) is 4.86. The summed E-state index contributed by atoms with van der Waals surface area (Å²) >= 11 is 0. The van der Waals surface area contributed by atoms with E-state index in [0.717, 1.165) is 11.3 Å². The van der Waals surface area contributed by atoms with Crippen LogP contribution in [0.25, 0.3) is 5.57 Å². The fraction of sp³-hybridized carbons (Fsp3) is 0.364. The summed E-state index contributed by atoms with van der Waals surface area (Å²) in [5.41, 5.74) is 5.76. The van der Waals surface area contributed by atoms with Crippen LogP contribution >= 0.6 is 0 Å². The number of fused-ring (bicyclic) bond motifs is 1. The van der Waals surface area contributed by atoms with E-state index >= 15 is 0 Å². The van der Waals surface area contributed by atoms with E-state index in [1.54, 1.807) is 13.3 Å². The highest BCUT2D eigenvalue weighted by molar-refractivity contribution is 5.88. The number of aromatic nitrogens is 1. The second kappa shape index (κ2) is 6.94. The van der Waals surface area contributed by atoms with Gasteiger partial charge in [-0.15, -0.1) is 0 Å². The fourth-order valence-corrected chi connectivity index (χ4v) is 3.81. The molecule has 0 saturated carbocycles. The highest BCUT2D eigenvalue weighted by Crippen LogP contribution is 2.40. The summed E-state index contributed by atoms with van der Waals surface area (Å²) in [6, 6.07) is 10.7. The predicted octanol–water partition coefficient (Wildman–Crippen LogP) is 5.25. The number of benzene rings is 1. The zero-order valence-electron chi connectivity index (χ0n) is 16.4. The summed E-state index contributed by atoms with van der Waals surface area (Å²) in [5, 5.41) is 0. The third-order valence-corrected chi connectivity index (χ3v) is 4.70. The normalized spacial score (nSPS) is 16.0. The van der Waals surface area contributed by atoms with Crippen LogP contribution in [-0.4, -0.2) is 29.9 Å². The molecule has 0 N–H and O–H groups in total. The molecule has 3 rings (SSSR count). The van der Waals surface area contributed by atoms with Crippen LogP contribution in [0.5, 0.6) is 5.88 Å². The maximum Gasteiger partial charge on any atom is 0.213 e. The second-order valence-corrected chi connectivity index (χ2v) is 7.54. The van der Waals surface area contributed by atoms with E-state index in [2.05, 4.69) is 73.8 Å². The molecule has 0 spiro atoms. The molecule has 26 heavy (non-hydrogen) atoms. The van der Waals surface area contributed by atoms with Crippen molar-refractivity contribution in [1.82, 2.24) is 4.98 Å². The number of methoxy groups -OCH3 is 1. The lowest BCUT2D eigenvalue weighted by Crippen LogP contribution is -2.49. The van der Waals surface area contributed by atoms with Gasteiger partial charge in [0.15, 0.2) is 0 Å². The molecule has 0 saturated heterocycles. The number of hydrogen-bond acceptors (Lipinski definition) is 4. The van der Waals surface area contributed by atoms with Crippen LogP contribution in [-0.2, 0) is 0 Å². The first-order valence-corrected chi connectivity index (χ1v) is 8.99. The van der Waals surface area contributed by atoms with Crippen molar-refractivity contribution in [2.45, 2.75) is 46.2 Å². The van der Waals surface area contributed by atoms with Gasteiger partial charge >= 0.3 is 0 Å². The number of allylic oxidation sites excluding steroid dienone is 1. The molecule has 4 heteroatoms. The van der Waals surface area contributed by atoms with E-state index in [1.165, 1.54) is 16.8 Å². The first-order chi connectivity index (χ1) is 12.3. The van der Waals surface area contributed by atoms with Gasteiger partial charge in [-0.05, 0) is 64.0 Å². The first-order valence-electron chi connectivity index (χ1n) is 8.99. The van der Waals surface area contributed by atoms with Gasteiger partial charge < -0.3 is 9.64 Å². The van der Waals surface area contributed by atoms with Crippen molar-refractivity contribution >= 4 is 23.2 Å². The lowest BCUT2D eigenvalue weighted by atomic mass is 9.87. The average Bonchev–Trinajstić information content (AvgIpc) is 2.59. The molecule has 0 atom stereocenters. The Hall–Kier alpha value is -2.62. The molecule has 136 valence electrons. The largest absolute Gasteiger partial charge is 0.481 e. The Balaban J connectivity index is 1.93. The van der Waals surface area contributed by atoms with Gasteiger partial charge in [0, 0.05) is 29.6 Å². The number of rotatable bonds is 4. The number of aliphatic imine (C=N–C) groups is 1. The standard InChI is InChI=1S/C22H27N3O/c1-15(2)25-20-9-7-17(11-19(20)16(3)12-22(25,4)5)13-23-18-8-10-21(26-6)24-14-18/h7-15H,1-6H3. The van der Waals surface area contributed by atoms with Crippen molar-refractivity contribution in [3.8, 4) is 5.88 Å². The van der Waals surface area contributed by atoms with Gasteiger partial charge in [-0.3, -0.25) is 4.99 Å². The Morgan fingerprint density at radius 1 is 1.19 bits per heavy atom. The molecule has 0 bridgehead atoms. The lowest BCUT2D eigenvalue weighted by molar-refractivity contribution is 0.398. The quantitative estimate of drug-likeness (QED) is 0.707. The van der Waals surface area contributed by atoms with Gasteiger partial charge in [-0.25, -0.2) is 4.98 Å². The maximum absolute atomic E-state index is 5.08. The van der Waals surface area contributed by atoms with Crippen molar-refractivity contribution in [2.24, 2.45) is 4.99 Å². The zero-order valence-corrected chi connectivity index (χ0v) is 16.4. The highest BCUT2D eigenvalue weighted by atomic mass is 16.5. The Morgan fingerprint density at radius 3 is 2.58 bits per heavy atom. The Bertz CT molecular complexity index is 848. The molecule has 0 fully saturated rings. The average molecular weight is 349 g/mol. The van der Waals surface area contributed by atoms with Crippen LogP contribution in [0.1, 0.15) is 45.7 Å². The molecule has 1 aliphatic heterocycles. The smallest absolute Gasteiger partial charge is 0.213 e. The van der Waals surface area contributed by atoms with Crippen LogP contribution in [0.2, 0.25) is 0 Å². The number of nitrogens with zero attached hydrogens (tertiary/aromatic N) is 3. The first kappa shape index (κ1) is 18.2. The molecule has 1 aliphatic rings. The maximum atomic E-state index is 5.08. The van der Waals surface area contributed by atoms with E-state index in [4.69, 9.17) is 4.74 Å². The molecule has 1 aromatic heterocycles. The van der Waals surface area contributed by atoms with Crippen molar-refractivity contribution in [2.75, 3.05) is 12.0 Å². The predicted molar refractivity (Wildman–Crippen MR) is 110 cm³/mol. The van der Waals surface area contributed by atoms with Crippen LogP contribution in [0.3, 0.4) is 0 Å².